The van der Waals surface area contributed by atoms with Crippen LogP contribution in [-0.4, -0.2) is 47.8 Å². The van der Waals surface area contributed by atoms with Crippen LogP contribution < -0.4 is 0 Å². The highest BCUT2D eigenvalue weighted by molar-refractivity contribution is 8.21. The summed E-state index contributed by atoms with van der Waals surface area (Å²) in [6, 6.07) is 4.83. The number of piperazine rings is 1. The van der Waals surface area contributed by atoms with E-state index in [0.29, 0.717) is 32.6 Å². The van der Waals surface area contributed by atoms with Crippen LogP contribution in [0.15, 0.2) is 41.2 Å². The predicted octanol–water partition coefficient (Wildman–Crippen LogP) is 3.06. The van der Waals surface area contributed by atoms with Gasteiger partial charge in [-0.2, -0.15) is 0 Å². The maximum Gasteiger partial charge on any atom is 0.256 e. The smallest absolute Gasteiger partial charge is 0.256 e. The molecule has 0 saturated carbocycles. The summed E-state index contributed by atoms with van der Waals surface area (Å²) < 4.78 is 14.2. The zero-order valence-corrected chi connectivity index (χ0v) is 15.2. The van der Waals surface area contributed by atoms with Crippen LogP contribution in [0.4, 0.5) is 4.39 Å². The van der Waals surface area contributed by atoms with Gasteiger partial charge in [-0.15, -0.1) is 0 Å². The molecule has 1 saturated heterocycles. The van der Waals surface area contributed by atoms with E-state index >= 15 is 0 Å². The van der Waals surface area contributed by atoms with Gasteiger partial charge in [0.05, 0.1) is 5.56 Å². The second kappa shape index (κ2) is 7.87. The van der Waals surface area contributed by atoms with Gasteiger partial charge < -0.3 is 9.80 Å². The van der Waals surface area contributed by atoms with Gasteiger partial charge in [0.1, 0.15) is 5.82 Å². The van der Waals surface area contributed by atoms with Crippen LogP contribution in [-0.2, 0) is 10.5 Å². The Kier molecular flexibility index (Phi) is 5.58. The quantitative estimate of drug-likeness (QED) is 0.837. The third-order valence-electron chi connectivity index (χ3n) is 4.51. The Morgan fingerprint density at radius 3 is 2.36 bits per heavy atom. The van der Waals surface area contributed by atoms with Crippen molar-refractivity contribution in [1.29, 1.82) is 0 Å². The van der Waals surface area contributed by atoms with Gasteiger partial charge in [0.2, 0.25) is 5.91 Å². The Morgan fingerprint density at radius 2 is 1.72 bits per heavy atom. The van der Waals surface area contributed by atoms with Crippen LogP contribution in [0.25, 0.3) is 0 Å². The zero-order valence-electron chi connectivity index (χ0n) is 14.3. The molecule has 0 radical (unpaired) electrons. The molecule has 0 atom stereocenters. The largest absolute Gasteiger partial charge is 0.339 e. The maximum absolute atomic E-state index is 14.2. The molecule has 2 aliphatic heterocycles. The van der Waals surface area contributed by atoms with E-state index in [1.165, 1.54) is 6.07 Å². The number of carbonyl (C=O) groups excluding carboxylic acids is 2. The van der Waals surface area contributed by atoms with Crippen LogP contribution in [0, 0.1) is 5.82 Å². The molecule has 0 aromatic heterocycles. The van der Waals surface area contributed by atoms with E-state index in [1.807, 2.05) is 19.1 Å². The number of nitrogens with zero attached hydrogens (tertiary/aromatic N) is 2. The van der Waals surface area contributed by atoms with Crippen LogP contribution in [0.2, 0.25) is 0 Å². The maximum atomic E-state index is 14.2. The highest BCUT2D eigenvalue weighted by Crippen LogP contribution is 2.36. The second-order valence-corrected chi connectivity index (χ2v) is 8.14. The summed E-state index contributed by atoms with van der Waals surface area (Å²) in [7, 11) is -0.345. The van der Waals surface area contributed by atoms with Crippen molar-refractivity contribution in [2.24, 2.45) is 0 Å². The van der Waals surface area contributed by atoms with Crippen molar-refractivity contribution in [3.05, 3.63) is 58.1 Å². The molecule has 0 spiro atoms. The molecule has 134 valence electrons. The van der Waals surface area contributed by atoms with Gasteiger partial charge in [-0.05, 0) is 28.5 Å². The molecule has 1 fully saturated rings. The second-order valence-electron chi connectivity index (χ2n) is 6.20. The molecular weight excluding hydrogens is 339 g/mol. The first-order chi connectivity index (χ1) is 12.1. The minimum Gasteiger partial charge on any atom is -0.339 e. The molecule has 1 aromatic carbocycles. The molecule has 1 aromatic rings. The number of hydrogen-bond acceptors (Lipinski definition) is 2. The summed E-state index contributed by atoms with van der Waals surface area (Å²) in [6.07, 6.45) is 4.52. The number of carbonyl (C=O) groups is 2. The molecule has 0 aliphatic carbocycles. The number of amides is 2. The Hall–Kier alpha value is -2.08. The summed E-state index contributed by atoms with van der Waals surface area (Å²) in [5.74, 6) is 0.154. The minimum atomic E-state index is -0.480. The fourth-order valence-corrected chi connectivity index (χ4v) is 4.64. The van der Waals surface area contributed by atoms with Crippen LogP contribution in [0.1, 0.15) is 29.3 Å². The molecular formula is C19H23FN2O2S. The van der Waals surface area contributed by atoms with E-state index in [2.05, 4.69) is 10.8 Å². The molecule has 2 aliphatic rings. The van der Waals surface area contributed by atoms with Crippen molar-refractivity contribution in [1.82, 2.24) is 9.80 Å². The van der Waals surface area contributed by atoms with Crippen molar-refractivity contribution >= 4 is 22.7 Å². The summed E-state index contributed by atoms with van der Waals surface area (Å²) in [5, 5.41) is 4.31. The molecule has 3 rings (SSSR count). The van der Waals surface area contributed by atoms with Crippen molar-refractivity contribution in [2.75, 3.05) is 26.2 Å². The molecule has 0 unspecified atom stereocenters. The first-order valence-electron chi connectivity index (χ1n) is 8.54. The fourth-order valence-electron chi connectivity index (χ4n) is 3.07. The number of thiol groups is 1. The molecule has 0 N–H and O–H groups in total. The normalized spacial score (nSPS) is 18.1. The predicted molar refractivity (Wildman–Crippen MR) is 100 cm³/mol. The summed E-state index contributed by atoms with van der Waals surface area (Å²) in [6.45, 7) is 3.76. The van der Waals surface area contributed by atoms with Gasteiger partial charge in [0.15, 0.2) is 0 Å². The number of hydrogen-bond donors (Lipinski definition) is 1. The number of rotatable bonds is 4. The van der Waals surface area contributed by atoms with E-state index < -0.39 is 5.82 Å². The number of benzene rings is 1. The summed E-state index contributed by atoms with van der Waals surface area (Å²) >= 11 is 0. The van der Waals surface area contributed by atoms with Gasteiger partial charge in [0.25, 0.3) is 5.91 Å². The third kappa shape index (κ3) is 4.12. The lowest BCUT2D eigenvalue weighted by Gasteiger charge is -2.34. The molecule has 6 heteroatoms. The Balaban J connectivity index is 1.68. The van der Waals surface area contributed by atoms with E-state index in [1.54, 1.807) is 21.9 Å². The highest BCUT2D eigenvalue weighted by atomic mass is 32.2. The Labute approximate surface area is 150 Å². The minimum absolute atomic E-state index is 0.0975. The van der Waals surface area contributed by atoms with E-state index in [-0.39, 0.29) is 28.3 Å². The van der Waals surface area contributed by atoms with Gasteiger partial charge in [-0.1, -0.05) is 25.1 Å². The fraction of sp³-hybridized carbons (Fsp3) is 0.368. The van der Waals surface area contributed by atoms with Crippen LogP contribution >= 0.6 is 10.9 Å². The molecule has 2 amide bonds. The van der Waals surface area contributed by atoms with Crippen molar-refractivity contribution in [2.45, 2.75) is 19.1 Å². The first kappa shape index (κ1) is 17.7. The topological polar surface area (TPSA) is 40.6 Å². The van der Waals surface area contributed by atoms with E-state index in [9.17, 15) is 14.0 Å². The zero-order chi connectivity index (χ0) is 17.8. The highest BCUT2D eigenvalue weighted by Gasteiger charge is 2.25. The molecule has 0 bridgehead atoms. The molecule has 4 nitrogen and oxygen atoms in total. The molecule has 25 heavy (non-hydrogen) atoms. The molecule has 2 heterocycles. The van der Waals surface area contributed by atoms with E-state index in [4.69, 9.17) is 0 Å². The monoisotopic (exact) mass is 362 g/mol. The lowest BCUT2D eigenvalue weighted by molar-refractivity contribution is -0.132. The standard InChI is InChI=1S/C19H23FN2O2S/c1-2-18(23)21-7-9-22(10-8-21)19(24)16-13-15(5-6-17(16)20)14-25-11-3-4-12-25/h3-6,11-13,25H,2,7-10,14H2,1H3. The van der Waals surface area contributed by atoms with Gasteiger partial charge in [-0.25, -0.2) is 15.3 Å². The van der Waals surface area contributed by atoms with Crippen LogP contribution in [0.5, 0.6) is 0 Å². The number of allylic oxidation sites excluding steroid dienone is 2. The van der Waals surface area contributed by atoms with Crippen molar-refractivity contribution in [3.8, 4) is 0 Å². The van der Waals surface area contributed by atoms with Crippen molar-refractivity contribution in [3.63, 3.8) is 0 Å². The lowest BCUT2D eigenvalue weighted by Crippen LogP contribution is -2.50. The SMILES string of the molecule is CCC(=O)N1CCN(C(=O)c2cc(C[SH]3C=CC=C3)ccc2F)CC1. The van der Waals surface area contributed by atoms with Gasteiger partial charge >= 0.3 is 0 Å². The average molecular weight is 362 g/mol. The Morgan fingerprint density at radius 1 is 1.08 bits per heavy atom. The average Bonchev–Trinajstić information content (AvgIpc) is 3.15. The lowest BCUT2D eigenvalue weighted by atomic mass is 10.1. The Bertz CT molecular complexity index is 712. The summed E-state index contributed by atoms with van der Waals surface area (Å²) in [5.41, 5.74) is 1.11. The van der Waals surface area contributed by atoms with Gasteiger partial charge in [0, 0.05) is 38.4 Å². The van der Waals surface area contributed by atoms with Crippen molar-refractivity contribution < 1.29 is 14.0 Å². The third-order valence-corrected chi connectivity index (χ3v) is 6.36. The van der Waals surface area contributed by atoms with E-state index in [0.717, 1.165) is 11.3 Å². The summed E-state index contributed by atoms with van der Waals surface area (Å²) in [4.78, 5) is 27.8. The van der Waals surface area contributed by atoms with Crippen LogP contribution in [0.3, 0.4) is 0 Å². The first-order valence-corrected chi connectivity index (χ1v) is 10.2. The number of halogens is 1. The van der Waals surface area contributed by atoms with Gasteiger partial charge in [-0.3, -0.25) is 9.59 Å².